The minimum absolute atomic E-state index is 0. The summed E-state index contributed by atoms with van der Waals surface area (Å²) in [7, 11) is 0. The minimum Gasteiger partial charge on any atom is -0.391 e. The Labute approximate surface area is 236 Å². The molecule has 0 saturated carbocycles. The van der Waals surface area contributed by atoms with Crippen molar-refractivity contribution >= 4 is 41.8 Å². The van der Waals surface area contributed by atoms with Crippen molar-refractivity contribution < 1.29 is 18.7 Å². The zero-order valence-electron chi connectivity index (χ0n) is 22.0. The quantitative estimate of drug-likeness (QED) is 0.382. The van der Waals surface area contributed by atoms with Gasteiger partial charge in [-0.3, -0.25) is 9.69 Å². The Kier molecular flexibility index (Phi) is 8.86. The maximum Gasteiger partial charge on any atom is 0.240 e. The van der Waals surface area contributed by atoms with Crippen LogP contribution in [-0.2, 0) is 4.79 Å². The van der Waals surface area contributed by atoms with E-state index in [2.05, 4.69) is 26.0 Å². The number of hydrogen-bond donors (Lipinski definition) is 3. The van der Waals surface area contributed by atoms with Gasteiger partial charge in [0.2, 0.25) is 11.9 Å². The van der Waals surface area contributed by atoms with Gasteiger partial charge in [0.15, 0.2) is 5.82 Å². The number of halogens is 3. The van der Waals surface area contributed by atoms with Gasteiger partial charge >= 0.3 is 0 Å². The highest BCUT2D eigenvalue weighted by molar-refractivity contribution is 5.85. The normalized spacial score (nSPS) is 19.8. The van der Waals surface area contributed by atoms with Crippen molar-refractivity contribution in [2.45, 2.75) is 25.5 Å². The fourth-order valence-electron chi connectivity index (χ4n) is 5.09. The van der Waals surface area contributed by atoms with Gasteiger partial charge in [0.05, 0.1) is 18.0 Å². The number of nitrogens with zero attached hydrogens (tertiary/aromatic N) is 7. The zero-order valence-corrected chi connectivity index (χ0v) is 22.8. The van der Waals surface area contributed by atoms with Crippen LogP contribution in [0.15, 0.2) is 36.5 Å². The van der Waals surface area contributed by atoms with E-state index in [0.29, 0.717) is 37.0 Å². The summed E-state index contributed by atoms with van der Waals surface area (Å²) < 4.78 is 28.8. The highest BCUT2D eigenvalue weighted by Gasteiger charge is 2.36. The SMILES string of the molecule is Cc1c(/C=C/CN2CCN(c3cc(F)cc(F)c3)CC2)cnn1-c1cc(N2C[C@H](O)CC2C(N)=O)nc(N)n1.Cl. The number of primary amides is 1. The van der Waals surface area contributed by atoms with Crippen molar-refractivity contribution in [2.24, 2.45) is 5.73 Å². The van der Waals surface area contributed by atoms with E-state index in [1.54, 1.807) is 21.8 Å². The third-order valence-electron chi connectivity index (χ3n) is 7.13. The van der Waals surface area contributed by atoms with Crippen LogP contribution in [0, 0.1) is 18.6 Å². The lowest BCUT2D eigenvalue weighted by Gasteiger charge is -2.35. The maximum absolute atomic E-state index is 13.6. The molecule has 2 atom stereocenters. The van der Waals surface area contributed by atoms with Crippen LogP contribution in [0.25, 0.3) is 11.9 Å². The van der Waals surface area contributed by atoms with Gasteiger partial charge in [-0.25, -0.2) is 13.5 Å². The van der Waals surface area contributed by atoms with E-state index in [-0.39, 0.29) is 31.3 Å². The highest BCUT2D eigenvalue weighted by atomic mass is 35.5. The summed E-state index contributed by atoms with van der Waals surface area (Å²) in [6.07, 6.45) is 5.29. The molecule has 14 heteroatoms. The molecule has 2 fully saturated rings. The Morgan fingerprint density at radius 3 is 2.45 bits per heavy atom. The van der Waals surface area contributed by atoms with Crippen molar-refractivity contribution in [3.8, 4) is 5.82 Å². The number of aromatic nitrogens is 4. The number of aliphatic hydroxyl groups excluding tert-OH is 1. The van der Waals surface area contributed by atoms with Crippen LogP contribution >= 0.6 is 12.4 Å². The molecule has 4 heterocycles. The molecule has 5 rings (SSSR count). The van der Waals surface area contributed by atoms with Crippen molar-refractivity contribution in [1.82, 2.24) is 24.6 Å². The lowest BCUT2D eigenvalue weighted by Crippen LogP contribution is -2.46. The molecule has 0 radical (unpaired) electrons. The lowest BCUT2D eigenvalue weighted by molar-refractivity contribution is -0.119. The van der Waals surface area contributed by atoms with Crippen LogP contribution in [0.4, 0.5) is 26.2 Å². The third kappa shape index (κ3) is 6.32. The zero-order chi connectivity index (χ0) is 27.7. The van der Waals surface area contributed by atoms with Crippen LogP contribution in [-0.4, -0.2) is 87.1 Å². The summed E-state index contributed by atoms with van der Waals surface area (Å²) in [4.78, 5) is 26.3. The van der Waals surface area contributed by atoms with Crippen LogP contribution in [0.5, 0.6) is 0 Å². The smallest absolute Gasteiger partial charge is 0.240 e. The molecule has 0 bridgehead atoms. The van der Waals surface area contributed by atoms with Crippen LogP contribution in [0.1, 0.15) is 17.7 Å². The number of carbonyl (C=O) groups excluding carboxylic acids is 1. The number of piperazine rings is 1. The number of nitrogens with two attached hydrogens (primary N) is 2. The predicted molar refractivity (Wildman–Crippen MR) is 151 cm³/mol. The molecule has 1 aromatic carbocycles. The second kappa shape index (κ2) is 12.1. The van der Waals surface area contributed by atoms with Crippen LogP contribution in [0.3, 0.4) is 0 Å². The summed E-state index contributed by atoms with van der Waals surface area (Å²) >= 11 is 0. The molecule has 3 aromatic rings. The van der Waals surface area contributed by atoms with Gasteiger partial charge in [-0.15, -0.1) is 12.4 Å². The molecule has 1 amide bonds. The number of amides is 1. The fraction of sp³-hybridized carbons (Fsp3) is 0.385. The molecule has 1 unspecified atom stereocenters. The van der Waals surface area contributed by atoms with Gasteiger partial charge in [-0.05, 0) is 19.1 Å². The molecule has 40 heavy (non-hydrogen) atoms. The molecule has 0 aliphatic carbocycles. The number of hydrogen-bond acceptors (Lipinski definition) is 9. The van der Waals surface area contributed by atoms with E-state index in [9.17, 15) is 18.7 Å². The van der Waals surface area contributed by atoms with Crippen molar-refractivity contribution in [1.29, 1.82) is 0 Å². The summed E-state index contributed by atoms with van der Waals surface area (Å²) in [5.41, 5.74) is 13.8. The second-order valence-electron chi connectivity index (χ2n) is 9.82. The van der Waals surface area contributed by atoms with E-state index in [0.717, 1.165) is 30.4 Å². The first-order valence-corrected chi connectivity index (χ1v) is 12.7. The van der Waals surface area contributed by atoms with Crippen LogP contribution in [0.2, 0.25) is 0 Å². The van der Waals surface area contributed by atoms with Gasteiger partial charge in [-0.2, -0.15) is 15.1 Å². The summed E-state index contributed by atoms with van der Waals surface area (Å²) in [5.74, 6) is -0.848. The summed E-state index contributed by atoms with van der Waals surface area (Å²) in [5, 5.41) is 14.5. The van der Waals surface area contributed by atoms with Crippen LogP contribution < -0.4 is 21.3 Å². The van der Waals surface area contributed by atoms with Gasteiger partial charge in [0.25, 0.3) is 0 Å². The van der Waals surface area contributed by atoms with Gasteiger partial charge in [-0.1, -0.05) is 12.2 Å². The molecule has 214 valence electrons. The maximum atomic E-state index is 13.6. The van der Waals surface area contributed by atoms with Crippen molar-refractivity contribution in [3.63, 3.8) is 0 Å². The van der Waals surface area contributed by atoms with Gasteiger partial charge < -0.3 is 26.4 Å². The molecular formula is C26H32ClF2N9O2. The Balaban J connectivity index is 0.00000370. The average molecular weight is 576 g/mol. The standard InChI is InChI=1S/C26H31F2N9O2.ClH/c1-16-17(3-2-4-34-5-7-35(8-6-34)20-10-18(27)9-19(28)11-20)14-31-37(16)24-13-23(32-26(30)33-24)36-15-21(38)12-22(36)25(29)39;/h2-3,9-11,13-14,21-22,38H,4-8,12,15H2,1H3,(H2,29,39)(H2,30,32,33);1H/b3-2+;/t21-,22?;/m1./s1. The number of carbonyl (C=O) groups is 1. The average Bonchev–Trinajstić information content (AvgIpc) is 3.46. The topological polar surface area (TPSA) is 143 Å². The summed E-state index contributed by atoms with van der Waals surface area (Å²) in [6.45, 7) is 5.72. The molecule has 2 aliphatic heterocycles. The minimum atomic E-state index is -0.697. The Bertz CT molecular complexity index is 1370. The largest absolute Gasteiger partial charge is 0.391 e. The monoisotopic (exact) mass is 575 g/mol. The van der Waals surface area contributed by atoms with Crippen molar-refractivity contribution in [2.75, 3.05) is 54.8 Å². The van der Waals surface area contributed by atoms with E-state index < -0.39 is 29.7 Å². The molecule has 0 spiro atoms. The Hall–Kier alpha value is -3.81. The number of benzene rings is 1. The number of nitrogen functional groups attached to an aromatic ring is 1. The summed E-state index contributed by atoms with van der Waals surface area (Å²) in [6, 6.07) is 4.58. The van der Waals surface area contributed by atoms with E-state index in [1.165, 1.54) is 12.1 Å². The number of aliphatic hydroxyl groups is 1. The Morgan fingerprint density at radius 1 is 1.10 bits per heavy atom. The van der Waals surface area contributed by atoms with E-state index in [1.807, 2.05) is 17.9 Å². The van der Waals surface area contributed by atoms with Crippen molar-refractivity contribution in [3.05, 3.63) is 59.4 Å². The Morgan fingerprint density at radius 2 is 1.77 bits per heavy atom. The fourth-order valence-corrected chi connectivity index (χ4v) is 5.09. The van der Waals surface area contributed by atoms with E-state index in [4.69, 9.17) is 11.5 Å². The predicted octanol–water partition coefficient (Wildman–Crippen LogP) is 1.51. The first-order chi connectivity index (χ1) is 18.7. The second-order valence-corrected chi connectivity index (χ2v) is 9.82. The molecule has 2 saturated heterocycles. The third-order valence-corrected chi connectivity index (χ3v) is 7.13. The first kappa shape index (κ1) is 29.2. The molecule has 5 N–H and O–H groups in total. The molecule has 2 aliphatic rings. The number of rotatable bonds is 7. The van der Waals surface area contributed by atoms with E-state index >= 15 is 0 Å². The van der Waals surface area contributed by atoms with Gasteiger partial charge in [0, 0.05) is 69.1 Å². The lowest BCUT2D eigenvalue weighted by atomic mass is 10.2. The highest BCUT2D eigenvalue weighted by Crippen LogP contribution is 2.27. The number of β-amino-alcohol motifs (C(OH)–C–C–N with tert-alkyl or cyclic N) is 1. The van der Waals surface area contributed by atoms with Gasteiger partial charge in [0.1, 0.15) is 23.5 Å². The first-order valence-electron chi connectivity index (χ1n) is 12.7. The number of anilines is 3. The molecular weight excluding hydrogens is 544 g/mol. The molecule has 2 aromatic heterocycles. The molecule has 11 nitrogen and oxygen atoms in total.